The molecule has 0 aliphatic heterocycles. The van der Waals surface area contributed by atoms with Crippen molar-refractivity contribution in [3.8, 4) is 5.75 Å². The molecule has 1 aromatic carbocycles. The SMILES string of the molecule is COc1ccc(C(C)C)cc1S(=O)(=O)Nc1cc(C)on1. The Balaban J connectivity index is 2.44. The maximum atomic E-state index is 12.5. The van der Waals surface area contributed by atoms with E-state index < -0.39 is 10.0 Å². The molecule has 21 heavy (non-hydrogen) atoms. The second-order valence-corrected chi connectivity index (χ2v) is 6.64. The number of nitrogens with zero attached hydrogens (tertiary/aromatic N) is 1. The number of benzene rings is 1. The van der Waals surface area contributed by atoms with Gasteiger partial charge < -0.3 is 9.26 Å². The summed E-state index contributed by atoms with van der Waals surface area (Å²) < 4.78 is 37.4. The summed E-state index contributed by atoms with van der Waals surface area (Å²) in [6, 6.07) is 6.62. The van der Waals surface area contributed by atoms with E-state index in [2.05, 4.69) is 9.88 Å². The lowest BCUT2D eigenvalue weighted by Crippen LogP contribution is -2.14. The number of ether oxygens (including phenoxy) is 1. The summed E-state index contributed by atoms with van der Waals surface area (Å²) in [7, 11) is -2.36. The molecule has 0 unspecified atom stereocenters. The Kier molecular flexibility index (Phi) is 4.22. The van der Waals surface area contributed by atoms with Gasteiger partial charge in [-0.2, -0.15) is 0 Å². The van der Waals surface area contributed by atoms with Crippen molar-refractivity contribution in [1.82, 2.24) is 5.16 Å². The van der Waals surface area contributed by atoms with Crippen LogP contribution in [-0.2, 0) is 10.0 Å². The number of hydrogen-bond acceptors (Lipinski definition) is 5. The molecule has 7 heteroatoms. The standard InChI is InChI=1S/C14H18N2O4S/c1-9(2)11-5-6-12(19-4)13(8-11)21(17,18)16-14-7-10(3)20-15-14/h5-9H,1-4H3,(H,15,16). The zero-order valence-corrected chi connectivity index (χ0v) is 13.2. The van der Waals surface area contributed by atoms with E-state index in [1.807, 2.05) is 19.9 Å². The van der Waals surface area contributed by atoms with E-state index in [1.165, 1.54) is 13.2 Å². The molecule has 0 bridgehead atoms. The van der Waals surface area contributed by atoms with Gasteiger partial charge in [0.25, 0.3) is 10.0 Å². The first-order chi connectivity index (χ1) is 9.83. The van der Waals surface area contributed by atoms with Crippen LogP contribution in [0.5, 0.6) is 5.75 Å². The molecular weight excluding hydrogens is 292 g/mol. The fourth-order valence-corrected chi connectivity index (χ4v) is 3.06. The number of anilines is 1. The Hall–Kier alpha value is -2.02. The fraction of sp³-hybridized carbons (Fsp3) is 0.357. The highest BCUT2D eigenvalue weighted by molar-refractivity contribution is 7.92. The van der Waals surface area contributed by atoms with Crippen LogP contribution in [0.2, 0.25) is 0 Å². The molecule has 0 aliphatic carbocycles. The van der Waals surface area contributed by atoms with Gasteiger partial charge in [0.05, 0.1) is 7.11 Å². The molecule has 0 atom stereocenters. The number of methoxy groups -OCH3 is 1. The van der Waals surface area contributed by atoms with E-state index in [4.69, 9.17) is 9.26 Å². The Morgan fingerprint density at radius 3 is 2.52 bits per heavy atom. The lowest BCUT2D eigenvalue weighted by Gasteiger charge is -2.13. The molecule has 0 amide bonds. The van der Waals surface area contributed by atoms with E-state index >= 15 is 0 Å². The summed E-state index contributed by atoms with van der Waals surface area (Å²) in [6.07, 6.45) is 0. The van der Waals surface area contributed by atoms with Crippen molar-refractivity contribution in [1.29, 1.82) is 0 Å². The molecule has 1 aromatic heterocycles. The predicted molar refractivity (Wildman–Crippen MR) is 79.1 cm³/mol. The smallest absolute Gasteiger partial charge is 0.266 e. The van der Waals surface area contributed by atoms with Crippen LogP contribution in [0, 0.1) is 6.92 Å². The van der Waals surface area contributed by atoms with Gasteiger partial charge >= 0.3 is 0 Å². The van der Waals surface area contributed by atoms with Crippen LogP contribution in [0.4, 0.5) is 5.82 Å². The van der Waals surface area contributed by atoms with Gasteiger partial charge in [-0.3, -0.25) is 4.72 Å². The molecular formula is C14H18N2O4S. The van der Waals surface area contributed by atoms with E-state index in [1.54, 1.807) is 19.1 Å². The molecule has 0 fully saturated rings. The van der Waals surface area contributed by atoms with Gasteiger partial charge in [0.2, 0.25) is 0 Å². The van der Waals surface area contributed by atoms with Crippen molar-refractivity contribution in [2.75, 3.05) is 11.8 Å². The van der Waals surface area contributed by atoms with Crippen molar-refractivity contribution < 1.29 is 17.7 Å². The molecule has 0 spiro atoms. The zero-order valence-electron chi connectivity index (χ0n) is 12.4. The minimum atomic E-state index is -3.80. The molecule has 0 saturated heterocycles. The van der Waals surface area contributed by atoms with Gasteiger partial charge in [-0.05, 0) is 30.5 Å². The highest BCUT2D eigenvalue weighted by atomic mass is 32.2. The largest absolute Gasteiger partial charge is 0.495 e. The monoisotopic (exact) mass is 310 g/mol. The zero-order chi connectivity index (χ0) is 15.6. The van der Waals surface area contributed by atoms with Gasteiger partial charge in [-0.25, -0.2) is 8.42 Å². The van der Waals surface area contributed by atoms with Gasteiger partial charge in [0.15, 0.2) is 5.82 Å². The number of sulfonamides is 1. The first kappa shape index (κ1) is 15.4. The molecule has 2 aromatic rings. The number of aromatic nitrogens is 1. The predicted octanol–water partition coefficient (Wildman–Crippen LogP) is 2.92. The normalized spacial score (nSPS) is 11.7. The number of aryl methyl sites for hydroxylation is 1. The highest BCUT2D eigenvalue weighted by Crippen LogP contribution is 2.29. The van der Waals surface area contributed by atoms with Crippen LogP contribution in [0.25, 0.3) is 0 Å². The van der Waals surface area contributed by atoms with E-state index in [0.717, 1.165) is 5.56 Å². The summed E-state index contributed by atoms with van der Waals surface area (Å²) in [4.78, 5) is 0.0804. The third kappa shape index (κ3) is 3.36. The second kappa shape index (κ2) is 5.77. The van der Waals surface area contributed by atoms with Crippen LogP contribution in [0.3, 0.4) is 0 Å². The molecule has 1 N–H and O–H groups in total. The van der Waals surface area contributed by atoms with E-state index in [9.17, 15) is 8.42 Å². The van der Waals surface area contributed by atoms with Crippen LogP contribution in [0.15, 0.2) is 33.7 Å². The third-order valence-electron chi connectivity index (χ3n) is 3.01. The third-order valence-corrected chi connectivity index (χ3v) is 4.39. The van der Waals surface area contributed by atoms with Crippen LogP contribution < -0.4 is 9.46 Å². The molecule has 0 radical (unpaired) electrons. The van der Waals surface area contributed by atoms with Gasteiger partial charge in [0, 0.05) is 6.07 Å². The first-order valence-electron chi connectivity index (χ1n) is 6.47. The summed E-state index contributed by atoms with van der Waals surface area (Å²) >= 11 is 0. The first-order valence-corrected chi connectivity index (χ1v) is 7.96. The Bertz CT molecular complexity index is 735. The second-order valence-electron chi connectivity index (χ2n) is 4.99. The Labute approximate surface area is 124 Å². The highest BCUT2D eigenvalue weighted by Gasteiger charge is 2.22. The van der Waals surface area contributed by atoms with Crippen molar-refractivity contribution >= 4 is 15.8 Å². The maximum Gasteiger partial charge on any atom is 0.266 e. The summed E-state index contributed by atoms with van der Waals surface area (Å²) in [6.45, 7) is 5.67. The van der Waals surface area contributed by atoms with Crippen molar-refractivity contribution in [3.05, 3.63) is 35.6 Å². The Morgan fingerprint density at radius 2 is 2.00 bits per heavy atom. The number of hydrogen-bond donors (Lipinski definition) is 1. The Morgan fingerprint density at radius 1 is 1.29 bits per heavy atom. The van der Waals surface area contributed by atoms with Gasteiger partial charge in [-0.15, -0.1) is 0 Å². The van der Waals surface area contributed by atoms with E-state index in [0.29, 0.717) is 5.76 Å². The number of rotatable bonds is 5. The van der Waals surface area contributed by atoms with E-state index in [-0.39, 0.29) is 22.4 Å². The van der Waals surface area contributed by atoms with Crippen molar-refractivity contribution in [2.45, 2.75) is 31.6 Å². The topological polar surface area (TPSA) is 81.4 Å². The maximum absolute atomic E-state index is 12.5. The lowest BCUT2D eigenvalue weighted by molar-refractivity contribution is 0.399. The molecule has 1 heterocycles. The van der Waals surface area contributed by atoms with Crippen LogP contribution in [-0.4, -0.2) is 20.7 Å². The quantitative estimate of drug-likeness (QED) is 0.918. The summed E-state index contributed by atoms with van der Waals surface area (Å²) in [5, 5.41) is 3.63. The van der Waals surface area contributed by atoms with Crippen LogP contribution in [0.1, 0.15) is 31.1 Å². The van der Waals surface area contributed by atoms with Gasteiger partial charge in [0.1, 0.15) is 16.4 Å². The molecule has 6 nitrogen and oxygen atoms in total. The van der Waals surface area contributed by atoms with Gasteiger partial charge in [-0.1, -0.05) is 25.1 Å². The average Bonchev–Trinajstić information content (AvgIpc) is 2.82. The van der Waals surface area contributed by atoms with Crippen molar-refractivity contribution in [2.24, 2.45) is 0 Å². The van der Waals surface area contributed by atoms with Crippen LogP contribution >= 0.6 is 0 Å². The minimum absolute atomic E-state index is 0.0804. The number of nitrogens with one attached hydrogen (secondary N) is 1. The molecule has 0 aliphatic rings. The molecule has 2 rings (SSSR count). The average molecular weight is 310 g/mol. The summed E-state index contributed by atoms with van der Waals surface area (Å²) in [5.41, 5.74) is 0.910. The summed E-state index contributed by atoms with van der Waals surface area (Å²) in [5.74, 6) is 1.16. The van der Waals surface area contributed by atoms with Crippen molar-refractivity contribution in [3.63, 3.8) is 0 Å². The molecule has 0 saturated carbocycles. The fourth-order valence-electron chi connectivity index (χ4n) is 1.87. The lowest BCUT2D eigenvalue weighted by atomic mass is 10.0. The minimum Gasteiger partial charge on any atom is -0.495 e. The molecule has 114 valence electrons.